The Hall–Kier alpha value is -0.620. The molecule has 0 spiro atoms. The Bertz CT molecular complexity index is 394. The molecular weight excluding hydrogens is 252 g/mol. The summed E-state index contributed by atoms with van der Waals surface area (Å²) < 4.78 is 22.6. The van der Waals surface area contributed by atoms with E-state index in [-0.39, 0.29) is 29.4 Å². The van der Waals surface area contributed by atoms with Gasteiger partial charge in [0, 0.05) is 18.0 Å². The molecule has 2 saturated heterocycles. The Labute approximate surface area is 109 Å². The number of hydrogen-bond acceptors (Lipinski definition) is 4. The van der Waals surface area contributed by atoms with Gasteiger partial charge in [-0.25, -0.2) is 8.42 Å². The van der Waals surface area contributed by atoms with E-state index in [1.165, 1.54) is 0 Å². The van der Waals surface area contributed by atoms with Gasteiger partial charge in [0.1, 0.15) is 9.84 Å². The summed E-state index contributed by atoms with van der Waals surface area (Å²) in [6.07, 6.45) is 2.88. The van der Waals surface area contributed by atoms with Crippen molar-refractivity contribution in [1.29, 1.82) is 0 Å². The van der Waals surface area contributed by atoms with Crippen molar-refractivity contribution in [2.45, 2.75) is 44.7 Å². The minimum atomic E-state index is -2.85. The number of carbonyl (C=O) groups is 1. The monoisotopic (exact) mass is 274 g/mol. The number of nitrogens with one attached hydrogen (secondary N) is 2. The average Bonchev–Trinajstić information content (AvgIpc) is 2.32. The largest absolute Gasteiger partial charge is 0.353 e. The van der Waals surface area contributed by atoms with Crippen LogP contribution in [0, 0.1) is 5.92 Å². The van der Waals surface area contributed by atoms with Gasteiger partial charge in [0.25, 0.3) is 0 Å². The Kier molecular flexibility index (Phi) is 4.27. The van der Waals surface area contributed by atoms with Gasteiger partial charge in [0.05, 0.1) is 11.5 Å². The molecule has 0 aliphatic carbocycles. The second-order valence-corrected chi connectivity index (χ2v) is 7.81. The number of carbonyl (C=O) groups excluding carboxylic acids is 1. The third-order valence-corrected chi connectivity index (χ3v) is 5.61. The summed E-state index contributed by atoms with van der Waals surface area (Å²) in [5, 5.41) is 6.34. The normalized spacial score (nSPS) is 32.9. The highest BCUT2D eigenvalue weighted by molar-refractivity contribution is 7.91. The molecule has 0 aromatic heterocycles. The van der Waals surface area contributed by atoms with Crippen molar-refractivity contribution in [2.24, 2.45) is 5.92 Å². The van der Waals surface area contributed by atoms with Crippen molar-refractivity contribution in [3.8, 4) is 0 Å². The van der Waals surface area contributed by atoms with Gasteiger partial charge in [-0.15, -0.1) is 0 Å². The van der Waals surface area contributed by atoms with Gasteiger partial charge < -0.3 is 10.6 Å². The van der Waals surface area contributed by atoms with Gasteiger partial charge >= 0.3 is 0 Å². The van der Waals surface area contributed by atoms with Crippen LogP contribution in [0.25, 0.3) is 0 Å². The average molecular weight is 274 g/mol. The van der Waals surface area contributed by atoms with Crippen LogP contribution in [-0.2, 0) is 14.6 Å². The summed E-state index contributed by atoms with van der Waals surface area (Å²) in [6, 6.07) is 0.437. The fourth-order valence-electron chi connectivity index (χ4n) is 2.72. The van der Waals surface area contributed by atoms with Crippen LogP contribution in [0.2, 0.25) is 0 Å². The number of amides is 1. The maximum atomic E-state index is 12.1. The molecular formula is C12H22N2O3S. The molecule has 5 nitrogen and oxygen atoms in total. The van der Waals surface area contributed by atoms with Crippen LogP contribution < -0.4 is 10.6 Å². The summed E-state index contributed by atoms with van der Waals surface area (Å²) in [6.45, 7) is 2.98. The van der Waals surface area contributed by atoms with Crippen LogP contribution >= 0.6 is 0 Å². The van der Waals surface area contributed by atoms with Crippen molar-refractivity contribution in [1.82, 2.24) is 10.6 Å². The minimum Gasteiger partial charge on any atom is -0.353 e. The first-order chi connectivity index (χ1) is 8.46. The van der Waals surface area contributed by atoms with Gasteiger partial charge in [0.2, 0.25) is 5.91 Å². The third-order valence-electron chi connectivity index (χ3n) is 3.90. The summed E-state index contributed by atoms with van der Waals surface area (Å²) in [5.41, 5.74) is 0. The van der Waals surface area contributed by atoms with Gasteiger partial charge in [-0.1, -0.05) is 0 Å². The maximum absolute atomic E-state index is 12.1. The van der Waals surface area contributed by atoms with Gasteiger partial charge in [0.15, 0.2) is 0 Å². The lowest BCUT2D eigenvalue weighted by molar-refractivity contribution is -0.126. The first-order valence-corrected chi connectivity index (χ1v) is 8.52. The highest BCUT2D eigenvalue weighted by atomic mass is 32.2. The molecule has 2 unspecified atom stereocenters. The smallest absolute Gasteiger partial charge is 0.223 e. The van der Waals surface area contributed by atoms with E-state index < -0.39 is 9.84 Å². The zero-order valence-corrected chi connectivity index (χ0v) is 11.6. The summed E-state index contributed by atoms with van der Waals surface area (Å²) in [7, 11) is -2.85. The molecule has 2 atom stereocenters. The Morgan fingerprint density at radius 3 is 2.50 bits per heavy atom. The molecule has 2 N–H and O–H groups in total. The van der Waals surface area contributed by atoms with E-state index in [2.05, 4.69) is 17.6 Å². The van der Waals surface area contributed by atoms with Crippen LogP contribution in [-0.4, -0.2) is 44.5 Å². The highest BCUT2D eigenvalue weighted by Gasteiger charge is 2.29. The Morgan fingerprint density at radius 1 is 1.22 bits per heavy atom. The molecule has 2 rings (SSSR count). The number of piperidine rings is 1. The molecule has 0 bridgehead atoms. The standard InChI is InChI=1S/C12H22N2O3S/c1-9-8-10(2-5-13-9)12(15)14-11-3-6-18(16,17)7-4-11/h9-11,13H,2-8H2,1H3,(H,14,15). The molecule has 0 aromatic carbocycles. The van der Waals surface area contributed by atoms with Crippen molar-refractivity contribution in [3.05, 3.63) is 0 Å². The molecule has 2 fully saturated rings. The Morgan fingerprint density at radius 2 is 1.89 bits per heavy atom. The van der Waals surface area contributed by atoms with E-state index in [4.69, 9.17) is 0 Å². The predicted molar refractivity (Wildman–Crippen MR) is 70.0 cm³/mol. The first-order valence-electron chi connectivity index (χ1n) is 6.70. The lowest BCUT2D eigenvalue weighted by atomic mass is 9.92. The molecule has 2 aliphatic rings. The summed E-state index contributed by atoms with van der Waals surface area (Å²) >= 11 is 0. The number of sulfone groups is 1. The second-order valence-electron chi connectivity index (χ2n) is 5.51. The van der Waals surface area contributed by atoms with Crippen LogP contribution in [0.5, 0.6) is 0 Å². The van der Waals surface area contributed by atoms with Crippen LogP contribution in [0.4, 0.5) is 0 Å². The Balaban J connectivity index is 1.81. The van der Waals surface area contributed by atoms with Crippen molar-refractivity contribution >= 4 is 15.7 Å². The van der Waals surface area contributed by atoms with Gasteiger partial charge in [-0.05, 0) is 39.2 Å². The molecule has 2 heterocycles. The van der Waals surface area contributed by atoms with E-state index in [9.17, 15) is 13.2 Å². The fourth-order valence-corrected chi connectivity index (χ4v) is 4.21. The molecule has 0 saturated carbocycles. The SMILES string of the molecule is CC1CC(C(=O)NC2CCS(=O)(=O)CC2)CCN1. The number of hydrogen-bond donors (Lipinski definition) is 2. The van der Waals surface area contributed by atoms with E-state index in [0.717, 1.165) is 19.4 Å². The molecule has 1 amide bonds. The lowest BCUT2D eigenvalue weighted by Gasteiger charge is -2.30. The van der Waals surface area contributed by atoms with E-state index in [1.807, 2.05) is 0 Å². The van der Waals surface area contributed by atoms with Gasteiger partial charge in [-0.2, -0.15) is 0 Å². The maximum Gasteiger partial charge on any atom is 0.223 e. The van der Waals surface area contributed by atoms with Crippen molar-refractivity contribution in [3.63, 3.8) is 0 Å². The summed E-state index contributed by atoms with van der Waals surface area (Å²) in [4.78, 5) is 12.1. The highest BCUT2D eigenvalue weighted by Crippen LogP contribution is 2.18. The van der Waals surface area contributed by atoms with Crippen molar-refractivity contribution in [2.75, 3.05) is 18.1 Å². The first kappa shape index (κ1) is 13.8. The zero-order valence-electron chi connectivity index (χ0n) is 10.8. The molecule has 0 radical (unpaired) electrons. The molecule has 2 aliphatic heterocycles. The van der Waals surface area contributed by atoms with Gasteiger partial charge in [-0.3, -0.25) is 4.79 Å². The van der Waals surface area contributed by atoms with E-state index >= 15 is 0 Å². The molecule has 104 valence electrons. The van der Waals surface area contributed by atoms with Crippen molar-refractivity contribution < 1.29 is 13.2 Å². The van der Waals surface area contributed by atoms with Crippen LogP contribution in [0.3, 0.4) is 0 Å². The third kappa shape index (κ3) is 3.68. The van der Waals surface area contributed by atoms with Crippen LogP contribution in [0.1, 0.15) is 32.6 Å². The summed E-state index contributed by atoms with van der Waals surface area (Å²) in [5.74, 6) is 0.605. The predicted octanol–water partition coefficient (Wildman–Crippen LogP) is 0.0679. The molecule has 0 aromatic rings. The van der Waals surface area contributed by atoms with E-state index in [0.29, 0.717) is 18.9 Å². The quantitative estimate of drug-likeness (QED) is 0.747. The second kappa shape index (κ2) is 5.57. The number of rotatable bonds is 2. The lowest BCUT2D eigenvalue weighted by Crippen LogP contribution is -2.47. The van der Waals surface area contributed by atoms with Crippen LogP contribution in [0.15, 0.2) is 0 Å². The zero-order chi connectivity index (χ0) is 13.2. The van der Waals surface area contributed by atoms with E-state index in [1.54, 1.807) is 0 Å². The topological polar surface area (TPSA) is 75.3 Å². The fraction of sp³-hybridized carbons (Fsp3) is 0.917. The molecule has 6 heteroatoms. The molecule has 18 heavy (non-hydrogen) atoms. The minimum absolute atomic E-state index is 0.0474.